The van der Waals surface area contributed by atoms with Gasteiger partial charge in [-0.2, -0.15) is 0 Å². The second kappa shape index (κ2) is 4.46. The first-order valence-corrected chi connectivity index (χ1v) is 4.79. The number of rotatable bonds is 4. The van der Waals surface area contributed by atoms with Crippen molar-refractivity contribution in [3.8, 4) is 0 Å². The van der Waals surface area contributed by atoms with Crippen LogP contribution in [0, 0.1) is 5.92 Å². The lowest BCUT2D eigenvalue weighted by Gasteiger charge is -2.04. The van der Waals surface area contributed by atoms with Crippen molar-refractivity contribution in [1.29, 1.82) is 0 Å². The molecule has 1 aromatic rings. The Kier molecular flexibility index (Phi) is 3.52. The molecule has 3 heteroatoms. The van der Waals surface area contributed by atoms with E-state index in [2.05, 4.69) is 11.9 Å². The summed E-state index contributed by atoms with van der Waals surface area (Å²) in [6.45, 7) is 2.96. The van der Waals surface area contributed by atoms with E-state index in [1.807, 2.05) is 11.6 Å². The molecule has 0 aromatic carbocycles. The largest absolute Gasteiger partial charge is 0.330 e. The predicted octanol–water partition coefficient (Wildman–Crippen LogP) is 1.67. The average Bonchev–Trinajstić information content (AvgIpc) is 2.52. The molecule has 1 rings (SSSR count). The van der Waals surface area contributed by atoms with E-state index in [9.17, 15) is 0 Å². The lowest BCUT2D eigenvalue weighted by atomic mass is 10.1. The molecule has 0 aliphatic rings. The lowest BCUT2D eigenvalue weighted by Crippen LogP contribution is -2.11. The van der Waals surface area contributed by atoms with Crippen molar-refractivity contribution in [1.82, 2.24) is 4.98 Å². The first kappa shape index (κ1) is 8.68. The molecule has 0 aliphatic carbocycles. The zero-order valence-corrected chi connectivity index (χ0v) is 7.60. The van der Waals surface area contributed by atoms with Crippen molar-refractivity contribution in [2.75, 3.05) is 6.54 Å². The standard InChI is InChI=1S/C8H14N2S/c1-7(6-9)2-3-8-10-4-5-11-8/h4-5,7H,2-3,6,9H2,1H3. The number of aryl methyl sites for hydroxylation is 1. The zero-order chi connectivity index (χ0) is 8.10. The minimum Gasteiger partial charge on any atom is -0.330 e. The molecule has 1 unspecified atom stereocenters. The average molecular weight is 170 g/mol. The minimum atomic E-state index is 0.624. The SMILES string of the molecule is CC(CN)CCc1nccs1. The molecule has 11 heavy (non-hydrogen) atoms. The van der Waals surface area contributed by atoms with Crippen molar-refractivity contribution in [3.05, 3.63) is 16.6 Å². The van der Waals surface area contributed by atoms with Gasteiger partial charge in [0, 0.05) is 11.6 Å². The Bertz CT molecular complexity index is 184. The van der Waals surface area contributed by atoms with Crippen molar-refractivity contribution < 1.29 is 0 Å². The second-order valence-corrected chi connectivity index (χ2v) is 3.78. The van der Waals surface area contributed by atoms with Crippen molar-refractivity contribution in [2.24, 2.45) is 11.7 Å². The van der Waals surface area contributed by atoms with Crippen LogP contribution in [0.3, 0.4) is 0 Å². The third-order valence-electron chi connectivity index (χ3n) is 1.74. The summed E-state index contributed by atoms with van der Waals surface area (Å²) in [6.07, 6.45) is 4.09. The number of nitrogens with zero attached hydrogens (tertiary/aromatic N) is 1. The maximum Gasteiger partial charge on any atom is 0.0924 e. The van der Waals surface area contributed by atoms with Gasteiger partial charge in [0.2, 0.25) is 0 Å². The molecule has 0 saturated heterocycles. The highest BCUT2D eigenvalue weighted by molar-refractivity contribution is 7.09. The Morgan fingerprint density at radius 2 is 2.55 bits per heavy atom. The Morgan fingerprint density at radius 3 is 3.09 bits per heavy atom. The van der Waals surface area contributed by atoms with Gasteiger partial charge in [0.25, 0.3) is 0 Å². The van der Waals surface area contributed by atoms with E-state index in [4.69, 9.17) is 5.73 Å². The van der Waals surface area contributed by atoms with Gasteiger partial charge in [0.1, 0.15) is 0 Å². The molecule has 0 aliphatic heterocycles. The summed E-state index contributed by atoms with van der Waals surface area (Å²) in [5, 5.41) is 3.24. The lowest BCUT2D eigenvalue weighted by molar-refractivity contribution is 0.544. The fourth-order valence-corrected chi connectivity index (χ4v) is 1.50. The number of aromatic nitrogens is 1. The maximum absolute atomic E-state index is 5.49. The molecule has 0 fully saturated rings. The van der Waals surface area contributed by atoms with Crippen LogP contribution in [0.2, 0.25) is 0 Å². The van der Waals surface area contributed by atoms with Crippen molar-refractivity contribution in [2.45, 2.75) is 19.8 Å². The van der Waals surface area contributed by atoms with Gasteiger partial charge in [0.05, 0.1) is 5.01 Å². The van der Waals surface area contributed by atoms with Crippen LogP contribution >= 0.6 is 11.3 Å². The highest BCUT2D eigenvalue weighted by Crippen LogP contribution is 2.10. The molecule has 0 saturated carbocycles. The van der Waals surface area contributed by atoms with Crippen LogP contribution in [0.4, 0.5) is 0 Å². The number of hydrogen-bond donors (Lipinski definition) is 1. The number of nitrogens with two attached hydrogens (primary N) is 1. The van der Waals surface area contributed by atoms with Crippen LogP contribution in [0.1, 0.15) is 18.4 Å². The highest BCUT2D eigenvalue weighted by Gasteiger charge is 2.00. The summed E-state index contributed by atoms with van der Waals surface area (Å²) in [7, 11) is 0. The Balaban J connectivity index is 2.23. The van der Waals surface area contributed by atoms with Gasteiger partial charge in [0.15, 0.2) is 0 Å². The number of thiazole rings is 1. The minimum absolute atomic E-state index is 0.624. The van der Waals surface area contributed by atoms with Gasteiger partial charge in [-0.3, -0.25) is 0 Å². The van der Waals surface area contributed by atoms with Crippen LogP contribution in [0.25, 0.3) is 0 Å². The monoisotopic (exact) mass is 170 g/mol. The fourth-order valence-electron chi connectivity index (χ4n) is 0.864. The zero-order valence-electron chi connectivity index (χ0n) is 6.79. The van der Waals surface area contributed by atoms with E-state index in [0.717, 1.165) is 19.4 Å². The van der Waals surface area contributed by atoms with Gasteiger partial charge in [-0.15, -0.1) is 11.3 Å². The third-order valence-corrected chi connectivity index (χ3v) is 2.58. The van der Waals surface area contributed by atoms with E-state index in [-0.39, 0.29) is 0 Å². The second-order valence-electron chi connectivity index (χ2n) is 2.81. The summed E-state index contributed by atoms with van der Waals surface area (Å²) < 4.78 is 0. The van der Waals surface area contributed by atoms with Gasteiger partial charge in [-0.05, 0) is 25.3 Å². The predicted molar refractivity (Wildman–Crippen MR) is 48.7 cm³/mol. The topological polar surface area (TPSA) is 38.9 Å². The van der Waals surface area contributed by atoms with Crippen LogP contribution in [-0.2, 0) is 6.42 Å². The molecular formula is C8H14N2S. The van der Waals surface area contributed by atoms with E-state index in [0.29, 0.717) is 5.92 Å². The third kappa shape index (κ3) is 2.99. The molecule has 2 N–H and O–H groups in total. The smallest absolute Gasteiger partial charge is 0.0924 e. The van der Waals surface area contributed by atoms with Gasteiger partial charge >= 0.3 is 0 Å². The molecule has 1 heterocycles. The molecule has 0 radical (unpaired) electrons. The Labute approximate surface area is 71.5 Å². The van der Waals surface area contributed by atoms with Gasteiger partial charge < -0.3 is 5.73 Å². The van der Waals surface area contributed by atoms with Crippen LogP contribution in [-0.4, -0.2) is 11.5 Å². The van der Waals surface area contributed by atoms with Crippen LogP contribution < -0.4 is 5.73 Å². The molecule has 0 amide bonds. The van der Waals surface area contributed by atoms with E-state index >= 15 is 0 Å². The van der Waals surface area contributed by atoms with E-state index in [1.165, 1.54) is 5.01 Å². The molecule has 62 valence electrons. The highest BCUT2D eigenvalue weighted by atomic mass is 32.1. The quantitative estimate of drug-likeness (QED) is 0.746. The van der Waals surface area contributed by atoms with Crippen LogP contribution in [0.5, 0.6) is 0 Å². The first-order chi connectivity index (χ1) is 5.33. The van der Waals surface area contributed by atoms with E-state index < -0.39 is 0 Å². The van der Waals surface area contributed by atoms with Crippen molar-refractivity contribution >= 4 is 11.3 Å². The van der Waals surface area contributed by atoms with Crippen molar-refractivity contribution in [3.63, 3.8) is 0 Å². The molecule has 1 atom stereocenters. The summed E-state index contributed by atoms with van der Waals surface area (Å²) in [4.78, 5) is 4.20. The molecule has 1 aromatic heterocycles. The van der Waals surface area contributed by atoms with Gasteiger partial charge in [-0.25, -0.2) is 4.98 Å². The summed E-state index contributed by atoms with van der Waals surface area (Å²) in [5.41, 5.74) is 5.49. The molecule has 2 nitrogen and oxygen atoms in total. The summed E-state index contributed by atoms with van der Waals surface area (Å²) in [5.74, 6) is 0.624. The maximum atomic E-state index is 5.49. The molecular weight excluding hydrogens is 156 g/mol. The summed E-state index contributed by atoms with van der Waals surface area (Å²) in [6, 6.07) is 0. The molecule has 0 bridgehead atoms. The summed E-state index contributed by atoms with van der Waals surface area (Å²) >= 11 is 1.72. The van der Waals surface area contributed by atoms with E-state index in [1.54, 1.807) is 11.3 Å². The molecule has 0 spiro atoms. The Morgan fingerprint density at radius 1 is 1.73 bits per heavy atom. The van der Waals surface area contributed by atoms with Gasteiger partial charge in [-0.1, -0.05) is 6.92 Å². The number of hydrogen-bond acceptors (Lipinski definition) is 3. The first-order valence-electron chi connectivity index (χ1n) is 3.91. The Hall–Kier alpha value is -0.410. The van der Waals surface area contributed by atoms with Crippen LogP contribution in [0.15, 0.2) is 11.6 Å². The normalized spacial score (nSPS) is 13.3. The fraction of sp³-hybridized carbons (Fsp3) is 0.625.